The fraction of sp³-hybridized carbons (Fsp3) is 0.211. The van der Waals surface area contributed by atoms with Gasteiger partial charge >= 0.3 is 0 Å². The lowest BCUT2D eigenvalue weighted by molar-refractivity contribution is 0.700. The van der Waals surface area contributed by atoms with Crippen LogP contribution in [-0.2, 0) is 13.0 Å². The second kappa shape index (κ2) is 5.73. The minimum atomic E-state index is 0.757. The Balaban J connectivity index is 1.62. The van der Waals surface area contributed by atoms with E-state index >= 15 is 0 Å². The molecule has 25 heavy (non-hydrogen) atoms. The van der Waals surface area contributed by atoms with Gasteiger partial charge in [0.25, 0.3) is 0 Å². The van der Waals surface area contributed by atoms with Gasteiger partial charge in [-0.15, -0.1) is 0 Å². The zero-order chi connectivity index (χ0) is 16.6. The number of H-pyrrole nitrogens is 1. The van der Waals surface area contributed by atoms with E-state index in [1.165, 1.54) is 5.69 Å². The monoisotopic (exact) mass is 330 g/mol. The molecule has 0 atom stereocenters. The van der Waals surface area contributed by atoms with Gasteiger partial charge in [-0.1, -0.05) is 36.4 Å². The van der Waals surface area contributed by atoms with E-state index in [4.69, 9.17) is 9.97 Å². The smallest absolute Gasteiger partial charge is 0.163 e. The van der Waals surface area contributed by atoms with Crippen LogP contribution in [0, 0.1) is 0 Å². The van der Waals surface area contributed by atoms with Crippen LogP contribution in [0.5, 0.6) is 0 Å². The van der Waals surface area contributed by atoms with Crippen LogP contribution in [0.4, 0.5) is 11.6 Å². The lowest BCUT2D eigenvalue weighted by Crippen LogP contribution is -2.32. The van der Waals surface area contributed by atoms with Crippen molar-refractivity contribution in [3.8, 4) is 11.4 Å². The van der Waals surface area contributed by atoms with Gasteiger partial charge in [-0.25, -0.2) is 15.0 Å². The highest BCUT2D eigenvalue weighted by Crippen LogP contribution is 2.33. The molecule has 0 spiro atoms. The summed E-state index contributed by atoms with van der Waals surface area (Å²) in [6, 6.07) is 10.1. The van der Waals surface area contributed by atoms with Gasteiger partial charge in [0.2, 0.25) is 0 Å². The summed E-state index contributed by atoms with van der Waals surface area (Å²) in [5.74, 6) is 2.64. The van der Waals surface area contributed by atoms with Crippen molar-refractivity contribution < 1.29 is 0 Å². The summed E-state index contributed by atoms with van der Waals surface area (Å²) in [6.07, 6.45) is 6.94. The summed E-state index contributed by atoms with van der Waals surface area (Å²) in [5.41, 5.74) is 4.43. The molecular formula is C19H18N6. The maximum Gasteiger partial charge on any atom is 0.163 e. The van der Waals surface area contributed by atoms with Crippen molar-refractivity contribution in [1.29, 1.82) is 0 Å². The van der Waals surface area contributed by atoms with Gasteiger partial charge < -0.3 is 15.2 Å². The first kappa shape index (κ1) is 14.2. The van der Waals surface area contributed by atoms with Gasteiger partial charge in [0.15, 0.2) is 5.82 Å². The molecule has 0 bridgehead atoms. The number of aromatic nitrogens is 4. The number of hydrogen-bond acceptors (Lipinski definition) is 5. The third kappa shape index (κ3) is 2.46. The maximum atomic E-state index is 4.93. The van der Waals surface area contributed by atoms with Crippen LogP contribution in [0.1, 0.15) is 17.0 Å². The Labute approximate surface area is 145 Å². The normalized spacial score (nSPS) is 15.4. The highest BCUT2D eigenvalue weighted by molar-refractivity contribution is 5.78. The van der Waals surface area contributed by atoms with Crippen LogP contribution < -0.4 is 10.2 Å². The molecule has 2 aliphatic heterocycles. The second-order valence-corrected chi connectivity index (χ2v) is 6.28. The van der Waals surface area contributed by atoms with E-state index < -0.39 is 0 Å². The molecule has 124 valence electrons. The molecule has 0 saturated heterocycles. The van der Waals surface area contributed by atoms with Crippen LogP contribution in [0.25, 0.3) is 17.5 Å². The highest BCUT2D eigenvalue weighted by Gasteiger charge is 2.24. The summed E-state index contributed by atoms with van der Waals surface area (Å²) in [7, 11) is 0. The average molecular weight is 330 g/mol. The molecule has 5 rings (SSSR count). The van der Waals surface area contributed by atoms with Crippen LogP contribution in [0.15, 0.2) is 42.7 Å². The van der Waals surface area contributed by atoms with E-state index in [-0.39, 0.29) is 0 Å². The van der Waals surface area contributed by atoms with Gasteiger partial charge in [-0.2, -0.15) is 0 Å². The number of rotatable bonds is 2. The minimum absolute atomic E-state index is 0.757. The van der Waals surface area contributed by atoms with E-state index in [1.54, 1.807) is 6.33 Å². The second-order valence-electron chi connectivity index (χ2n) is 6.28. The van der Waals surface area contributed by atoms with Gasteiger partial charge in [0.1, 0.15) is 11.6 Å². The molecule has 6 heteroatoms. The standard InChI is InChI=1S/C19H18N6/c1-2-5-13(6-3-1)17-23-18-14(7-4-9-20-18)19(24-17)25-10-8-15-16(11-25)22-12-21-15/h1-7,12H,8-11H2,(H,21,22)(H,20,23,24). The number of hydrogen-bond donors (Lipinski definition) is 2. The number of anilines is 2. The Morgan fingerprint density at radius 1 is 1.08 bits per heavy atom. The van der Waals surface area contributed by atoms with Crippen molar-refractivity contribution in [2.75, 3.05) is 23.3 Å². The summed E-state index contributed by atoms with van der Waals surface area (Å²) < 4.78 is 0. The van der Waals surface area contributed by atoms with Crippen molar-refractivity contribution in [1.82, 2.24) is 19.9 Å². The zero-order valence-electron chi connectivity index (χ0n) is 13.7. The first-order valence-electron chi connectivity index (χ1n) is 8.52. The molecule has 2 aliphatic rings. The molecule has 6 nitrogen and oxygen atoms in total. The van der Waals surface area contributed by atoms with Gasteiger partial charge in [0.05, 0.1) is 29.8 Å². The van der Waals surface area contributed by atoms with E-state index in [2.05, 4.69) is 32.3 Å². The quantitative estimate of drug-likeness (QED) is 0.756. The maximum absolute atomic E-state index is 4.93. The van der Waals surface area contributed by atoms with E-state index in [0.717, 1.165) is 60.3 Å². The Kier molecular flexibility index (Phi) is 3.26. The SMILES string of the molecule is C1=Cc2c(nc(-c3ccccc3)nc2N2CCc3nc[nH]c3C2)NC1. The summed E-state index contributed by atoms with van der Waals surface area (Å²) in [5, 5.41) is 3.38. The highest BCUT2D eigenvalue weighted by atomic mass is 15.2. The molecule has 2 aromatic heterocycles. The molecule has 4 heterocycles. The molecule has 3 aromatic rings. The average Bonchev–Trinajstić information content (AvgIpc) is 3.15. The molecule has 1 aromatic carbocycles. The fourth-order valence-electron chi connectivity index (χ4n) is 3.43. The van der Waals surface area contributed by atoms with Crippen LogP contribution in [0.2, 0.25) is 0 Å². The molecule has 0 saturated carbocycles. The number of nitrogens with one attached hydrogen (secondary N) is 2. The largest absolute Gasteiger partial charge is 0.366 e. The molecule has 2 N–H and O–H groups in total. The minimum Gasteiger partial charge on any atom is -0.366 e. The number of fused-ring (bicyclic) bond motifs is 2. The summed E-state index contributed by atoms with van der Waals surface area (Å²) in [4.78, 5) is 19.6. The number of imidazole rings is 1. The lowest BCUT2D eigenvalue weighted by atomic mass is 10.1. The summed E-state index contributed by atoms with van der Waals surface area (Å²) >= 11 is 0. The number of benzene rings is 1. The Hall–Kier alpha value is -3.15. The van der Waals surface area contributed by atoms with Gasteiger partial charge in [-0.05, 0) is 6.08 Å². The molecule has 0 unspecified atom stereocenters. The predicted octanol–water partition coefficient (Wildman–Crippen LogP) is 2.87. The lowest BCUT2D eigenvalue weighted by Gasteiger charge is -2.30. The first-order valence-corrected chi connectivity index (χ1v) is 8.52. The predicted molar refractivity (Wildman–Crippen MR) is 98.3 cm³/mol. The topological polar surface area (TPSA) is 69.7 Å². The van der Waals surface area contributed by atoms with Gasteiger partial charge in [-0.3, -0.25) is 0 Å². The first-order chi connectivity index (χ1) is 12.4. The van der Waals surface area contributed by atoms with Gasteiger partial charge in [0, 0.05) is 25.1 Å². The Morgan fingerprint density at radius 3 is 2.92 bits per heavy atom. The van der Waals surface area contributed by atoms with Crippen LogP contribution in [-0.4, -0.2) is 33.0 Å². The fourth-order valence-corrected chi connectivity index (χ4v) is 3.43. The van der Waals surface area contributed by atoms with Crippen molar-refractivity contribution in [2.24, 2.45) is 0 Å². The number of aromatic amines is 1. The van der Waals surface area contributed by atoms with E-state index in [9.17, 15) is 0 Å². The molecule has 0 fully saturated rings. The molecule has 0 aliphatic carbocycles. The summed E-state index contributed by atoms with van der Waals surface area (Å²) in [6.45, 7) is 2.49. The van der Waals surface area contributed by atoms with Crippen molar-refractivity contribution in [3.05, 3.63) is 59.7 Å². The molecule has 0 radical (unpaired) electrons. The van der Waals surface area contributed by atoms with Crippen molar-refractivity contribution in [2.45, 2.75) is 13.0 Å². The molecule has 0 amide bonds. The Bertz CT molecular complexity index is 944. The molecular weight excluding hydrogens is 312 g/mol. The van der Waals surface area contributed by atoms with Crippen molar-refractivity contribution >= 4 is 17.7 Å². The zero-order valence-corrected chi connectivity index (χ0v) is 13.7. The third-order valence-corrected chi connectivity index (χ3v) is 4.70. The Morgan fingerprint density at radius 2 is 2.00 bits per heavy atom. The number of nitrogens with zero attached hydrogens (tertiary/aromatic N) is 4. The van der Waals surface area contributed by atoms with E-state index in [0.29, 0.717) is 0 Å². The van der Waals surface area contributed by atoms with Crippen LogP contribution in [0.3, 0.4) is 0 Å². The van der Waals surface area contributed by atoms with Crippen LogP contribution >= 0.6 is 0 Å². The van der Waals surface area contributed by atoms with Crippen molar-refractivity contribution in [3.63, 3.8) is 0 Å². The third-order valence-electron chi connectivity index (χ3n) is 4.70. The van der Waals surface area contributed by atoms with E-state index in [1.807, 2.05) is 30.3 Å².